The van der Waals surface area contributed by atoms with E-state index < -0.39 is 35.9 Å². The maximum absolute atomic E-state index is 13.6. The third kappa shape index (κ3) is 4.23. The molecule has 1 aromatic carbocycles. The van der Waals surface area contributed by atoms with Crippen molar-refractivity contribution in [1.29, 1.82) is 0 Å². The van der Waals surface area contributed by atoms with Gasteiger partial charge in [-0.2, -0.15) is 0 Å². The van der Waals surface area contributed by atoms with Gasteiger partial charge in [0.15, 0.2) is 0 Å². The van der Waals surface area contributed by atoms with Crippen LogP contribution in [0.25, 0.3) is 0 Å². The molecule has 166 valence electrons. The number of amides is 2. The van der Waals surface area contributed by atoms with Gasteiger partial charge in [0, 0.05) is 19.5 Å². The predicted octanol–water partition coefficient (Wildman–Crippen LogP) is -0.125. The molecule has 2 saturated heterocycles. The first kappa shape index (κ1) is 22.7. The lowest BCUT2D eigenvalue weighted by Crippen LogP contribution is -2.62. The van der Waals surface area contributed by atoms with E-state index in [0.29, 0.717) is 38.8 Å². The minimum Gasteiger partial charge on any atom is -0.392 e. The average molecular weight is 419 g/mol. The molecule has 8 heteroatoms. The monoisotopic (exact) mass is 418 g/mol. The van der Waals surface area contributed by atoms with Crippen molar-refractivity contribution < 1.29 is 19.8 Å². The highest BCUT2D eigenvalue weighted by Gasteiger charge is 2.51. The second-order valence-corrected chi connectivity index (χ2v) is 8.78. The fourth-order valence-electron chi connectivity index (χ4n) is 4.79. The number of aliphatic hydroxyl groups excluding tert-OH is 2. The maximum Gasteiger partial charge on any atom is 0.243 e. The van der Waals surface area contributed by atoms with Gasteiger partial charge in [-0.25, -0.2) is 0 Å². The van der Waals surface area contributed by atoms with Crippen LogP contribution < -0.4 is 11.5 Å². The van der Waals surface area contributed by atoms with Crippen LogP contribution >= 0.6 is 0 Å². The molecule has 6 N–H and O–H groups in total. The first-order chi connectivity index (χ1) is 14.2. The summed E-state index contributed by atoms with van der Waals surface area (Å²) in [5.74, 6) is -0.701. The highest BCUT2D eigenvalue weighted by Crippen LogP contribution is 2.35. The molecule has 0 bridgehead atoms. The average Bonchev–Trinajstić information content (AvgIpc) is 3.36. The number of aryl methyl sites for hydroxylation is 1. The second-order valence-electron chi connectivity index (χ2n) is 8.78. The third-order valence-corrected chi connectivity index (χ3v) is 6.65. The molecular weight excluding hydrogens is 384 g/mol. The minimum absolute atomic E-state index is 0.201. The Morgan fingerprint density at radius 2 is 1.87 bits per heavy atom. The van der Waals surface area contributed by atoms with Gasteiger partial charge < -0.3 is 26.6 Å². The molecule has 0 spiro atoms. The summed E-state index contributed by atoms with van der Waals surface area (Å²) in [7, 11) is 0. The van der Waals surface area contributed by atoms with E-state index >= 15 is 0 Å². The van der Waals surface area contributed by atoms with Gasteiger partial charge in [0.1, 0.15) is 11.8 Å². The Hall–Kier alpha value is -2.00. The molecule has 0 unspecified atom stereocenters. The molecule has 0 saturated carbocycles. The number of hydrogen-bond donors (Lipinski definition) is 4. The van der Waals surface area contributed by atoms with Gasteiger partial charge in [0.25, 0.3) is 0 Å². The summed E-state index contributed by atoms with van der Waals surface area (Å²) < 4.78 is 0. The molecular formula is C22H34N4O4. The van der Waals surface area contributed by atoms with E-state index in [-0.39, 0.29) is 5.91 Å². The van der Waals surface area contributed by atoms with Gasteiger partial charge in [-0.3, -0.25) is 14.5 Å². The summed E-state index contributed by atoms with van der Waals surface area (Å²) in [5.41, 5.74) is 12.8. The molecule has 2 aliphatic heterocycles. The van der Waals surface area contributed by atoms with Gasteiger partial charge in [0.05, 0.1) is 18.2 Å². The summed E-state index contributed by atoms with van der Waals surface area (Å²) in [4.78, 5) is 29.5. The van der Waals surface area contributed by atoms with E-state index in [9.17, 15) is 19.8 Å². The Morgan fingerprint density at radius 1 is 1.20 bits per heavy atom. The minimum atomic E-state index is -1.14. The topological polar surface area (TPSA) is 133 Å². The summed E-state index contributed by atoms with van der Waals surface area (Å²) in [6.45, 7) is 4.47. The molecule has 0 aromatic heterocycles. The number of carbonyl (C=O) groups is 2. The maximum atomic E-state index is 13.6. The molecule has 5 atom stereocenters. The van der Waals surface area contributed by atoms with Crippen molar-refractivity contribution in [2.45, 2.75) is 75.9 Å². The Bertz CT molecular complexity index is 769. The van der Waals surface area contributed by atoms with Gasteiger partial charge in [-0.1, -0.05) is 29.8 Å². The van der Waals surface area contributed by atoms with E-state index in [0.717, 1.165) is 17.5 Å². The molecule has 0 radical (unpaired) electrons. The van der Waals surface area contributed by atoms with Crippen LogP contribution in [0.15, 0.2) is 24.3 Å². The van der Waals surface area contributed by atoms with Crippen LogP contribution in [0.3, 0.4) is 0 Å². The molecule has 1 aromatic rings. The van der Waals surface area contributed by atoms with Crippen molar-refractivity contribution in [2.75, 3.05) is 13.1 Å². The van der Waals surface area contributed by atoms with Crippen molar-refractivity contribution in [1.82, 2.24) is 9.80 Å². The first-order valence-electron chi connectivity index (χ1n) is 10.7. The van der Waals surface area contributed by atoms with Crippen LogP contribution in [0.1, 0.15) is 43.7 Å². The summed E-state index contributed by atoms with van der Waals surface area (Å²) in [5, 5.41) is 20.4. The van der Waals surface area contributed by atoms with E-state index in [1.165, 1.54) is 6.92 Å². The van der Waals surface area contributed by atoms with Crippen LogP contribution in [0.5, 0.6) is 0 Å². The van der Waals surface area contributed by atoms with Crippen LogP contribution in [0, 0.1) is 6.92 Å². The third-order valence-electron chi connectivity index (χ3n) is 6.65. The van der Waals surface area contributed by atoms with Crippen LogP contribution in [0.2, 0.25) is 0 Å². The zero-order valence-corrected chi connectivity index (χ0v) is 17.8. The van der Waals surface area contributed by atoms with Crippen molar-refractivity contribution in [3.8, 4) is 0 Å². The van der Waals surface area contributed by atoms with Crippen LogP contribution in [-0.4, -0.2) is 74.9 Å². The Balaban J connectivity index is 1.85. The number of carbonyl (C=O) groups excluding carboxylic acids is 2. The Labute approximate surface area is 177 Å². The Morgan fingerprint density at radius 3 is 2.47 bits per heavy atom. The number of rotatable bonds is 7. The number of primary amides is 1. The standard InChI is InChI=1S/C22H34N4O4/c1-14-6-8-16(9-7-14)13-22(21(24)30)10-4-12-26(22)19(28)17-5-3-11-25(17)20(29)18(23)15(2)27/h6-9,15,17-18,20,27,29H,3-5,10-13,23H2,1-2H3,(H2,24,30)/t15-,17+,18+,20-,22+/m1/s1. The van der Waals surface area contributed by atoms with Crippen molar-refractivity contribution in [3.63, 3.8) is 0 Å². The van der Waals surface area contributed by atoms with Gasteiger partial charge >= 0.3 is 0 Å². The SMILES string of the molecule is Cc1ccc(C[C@]2(C(N)=O)CCCN2C(=O)[C@@H]2CCCN2[C@H](O)[C@@H](N)[C@@H](C)O)cc1. The van der Waals surface area contributed by atoms with Crippen molar-refractivity contribution in [3.05, 3.63) is 35.4 Å². The summed E-state index contributed by atoms with van der Waals surface area (Å²) in [6, 6.07) is 6.43. The van der Waals surface area contributed by atoms with Gasteiger partial charge in [0.2, 0.25) is 11.8 Å². The largest absolute Gasteiger partial charge is 0.392 e. The molecule has 2 heterocycles. The quantitative estimate of drug-likeness (QED) is 0.488. The van der Waals surface area contributed by atoms with E-state index in [1.807, 2.05) is 31.2 Å². The zero-order valence-electron chi connectivity index (χ0n) is 17.8. The number of likely N-dealkylation sites (tertiary alicyclic amines) is 2. The number of aliphatic hydroxyl groups is 2. The zero-order chi connectivity index (χ0) is 22.1. The summed E-state index contributed by atoms with van der Waals surface area (Å²) >= 11 is 0. The number of benzene rings is 1. The number of nitrogens with two attached hydrogens (primary N) is 2. The highest BCUT2D eigenvalue weighted by molar-refractivity contribution is 5.93. The van der Waals surface area contributed by atoms with E-state index in [2.05, 4.69) is 0 Å². The molecule has 0 aliphatic carbocycles. The van der Waals surface area contributed by atoms with Gasteiger partial charge in [-0.05, 0) is 45.1 Å². The molecule has 8 nitrogen and oxygen atoms in total. The van der Waals surface area contributed by atoms with Gasteiger partial charge in [-0.15, -0.1) is 0 Å². The van der Waals surface area contributed by atoms with Crippen LogP contribution in [0.4, 0.5) is 0 Å². The number of hydrogen-bond acceptors (Lipinski definition) is 6. The molecule has 3 rings (SSSR count). The van der Waals surface area contributed by atoms with Crippen molar-refractivity contribution in [2.24, 2.45) is 11.5 Å². The number of nitrogens with zero attached hydrogens (tertiary/aromatic N) is 2. The summed E-state index contributed by atoms with van der Waals surface area (Å²) in [6.07, 6.45) is 0.844. The predicted molar refractivity (Wildman–Crippen MR) is 113 cm³/mol. The second kappa shape index (κ2) is 9.01. The lowest BCUT2D eigenvalue weighted by molar-refractivity contribution is -0.151. The molecule has 2 aliphatic rings. The fraction of sp³-hybridized carbons (Fsp3) is 0.636. The van der Waals surface area contributed by atoms with Crippen molar-refractivity contribution >= 4 is 11.8 Å². The Kier molecular flexibility index (Phi) is 6.81. The van der Waals surface area contributed by atoms with E-state index in [1.54, 1.807) is 9.80 Å². The smallest absolute Gasteiger partial charge is 0.243 e. The first-order valence-corrected chi connectivity index (χ1v) is 10.7. The fourth-order valence-corrected chi connectivity index (χ4v) is 4.79. The molecule has 2 amide bonds. The molecule has 30 heavy (non-hydrogen) atoms. The lowest BCUT2D eigenvalue weighted by atomic mass is 9.86. The highest BCUT2D eigenvalue weighted by atomic mass is 16.3. The van der Waals surface area contributed by atoms with Crippen LogP contribution in [-0.2, 0) is 16.0 Å². The normalized spacial score (nSPS) is 27.8. The molecule has 2 fully saturated rings. The van der Waals surface area contributed by atoms with E-state index in [4.69, 9.17) is 11.5 Å². The lowest BCUT2D eigenvalue weighted by Gasteiger charge is -2.40.